The average Bonchev–Trinajstić information content (AvgIpc) is 3.25. The summed E-state index contributed by atoms with van der Waals surface area (Å²) in [4.78, 5) is 49.0. The molecule has 1 aliphatic rings. The number of rotatable bonds is 6. The van der Waals surface area contributed by atoms with E-state index >= 15 is 0 Å². The highest BCUT2D eigenvalue weighted by atomic mass is 16.6. The van der Waals surface area contributed by atoms with E-state index in [1.54, 1.807) is 0 Å². The molecule has 0 aromatic carbocycles. The van der Waals surface area contributed by atoms with Gasteiger partial charge in [-0.1, -0.05) is 5.21 Å². The fraction of sp³-hybridized carbons (Fsp3) is 0.533. The lowest BCUT2D eigenvalue weighted by atomic mass is 10.2. The summed E-state index contributed by atoms with van der Waals surface area (Å²) in [6.45, 7) is 2.34. The maximum absolute atomic E-state index is 12.3. The molecule has 0 bridgehead atoms. The molecule has 1 aliphatic heterocycles. The maximum Gasteiger partial charge on any atom is 0.330 e. The van der Waals surface area contributed by atoms with Crippen molar-refractivity contribution in [3.8, 4) is 0 Å². The number of aromatic nitrogens is 6. The summed E-state index contributed by atoms with van der Waals surface area (Å²) in [6, 6.07) is 0. The van der Waals surface area contributed by atoms with Crippen LogP contribution >= 0.6 is 0 Å². The molecule has 13 nitrogen and oxygen atoms in total. The molecule has 150 valence electrons. The van der Waals surface area contributed by atoms with Crippen molar-refractivity contribution in [2.75, 3.05) is 6.61 Å². The number of carbonyl (C=O) groups excluding carboxylic acids is 2. The Morgan fingerprint density at radius 2 is 2.11 bits per heavy atom. The molecule has 13 heteroatoms. The second kappa shape index (κ2) is 8.12. The Morgan fingerprint density at radius 3 is 2.75 bits per heavy atom. The number of hydrogen-bond donors (Lipinski definition) is 2. The van der Waals surface area contributed by atoms with Crippen LogP contribution in [-0.4, -0.2) is 60.9 Å². The molecule has 1 fully saturated rings. The van der Waals surface area contributed by atoms with Crippen molar-refractivity contribution in [2.45, 2.75) is 45.1 Å². The van der Waals surface area contributed by atoms with E-state index in [1.165, 1.54) is 24.6 Å². The molecular formula is C15H18N6O7. The van der Waals surface area contributed by atoms with Gasteiger partial charge in [-0.3, -0.25) is 23.9 Å². The van der Waals surface area contributed by atoms with E-state index < -0.39 is 41.6 Å². The molecule has 0 saturated carbocycles. The molecule has 3 heterocycles. The van der Waals surface area contributed by atoms with Gasteiger partial charge in [0, 0.05) is 38.4 Å². The Hall–Kier alpha value is -3.35. The summed E-state index contributed by atoms with van der Waals surface area (Å²) in [5.41, 5.74) is -1.06. The number of nitrogens with zero attached hydrogens (tertiary/aromatic N) is 4. The monoisotopic (exact) mass is 394 g/mol. The van der Waals surface area contributed by atoms with Crippen molar-refractivity contribution in [3.05, 3.63) is 38.4 Å². The highest BCUT2D eigenvalue weighted by molar-refractivity contribution is 5.66. The van der Waals surface area contributed by atoms with Crippen LogP contribution in [0.15, 0.2) is 15.8 Å². The van der Waals surface area contributed by atoms with Crippen LogP contribution in [0, 0.1) is 0 Å². The lowest BCUT2D eigenvalue weighted by molar-refractivity contribution is -0.155. The molecule has 28 heavy (non-hydrogen) atoms. The highest BCUT2D eigenvalue weighted by Gasteiger charge is 2.39. The van der Waals surface area contributed by atoms with E-state index in [1.807, 2.05) is 0 Å². The minimum absolute atomic E-state index is 0.0447. The van der Waals surface area contributed by atoms with Gasteiger partial charge >= 0.3 is 17.6 Å². The van der Waals surface area contributed by atoms with E-state index in [0.717, 1.165) is 0 Å². The Balaban J connectivity index is 1.85. The normalized spacial score (nSPS) is 21.4. The van der Waals surface area contributed by atoms with Crippen LogP contribution in [0.2, 0.25) is 0 Å². The number of hydrogen-bond acceptors (Lipinski definition) is 10. The molecule has 2 aromatic heterocycles. The van der Waals surface area contributed by atoms with Gasteiger partial charge in [0.25, 0.3) is 5.56 Å². The summed E-state index contributed by atoms with van der Waals surface area (Å²) < 4.78 is 17.1. The fourth-order valence-corrected chi connectivity index (χ4v) is 2.85. The van der Waals surface area contributed by atoms with E-state index in [4.69, 9.17) is 14.2 Å². The summed E-state index contributed by atoms with van der Waals surface area (Å²) >= 11 is 0. The smallest absolute Gasteiger partial charge is 0.330 e. The zero-order valence-electron chi connectivity index (χ0n) is 15.1. The van der Waals surface area contributed by atoms with Gasteiger partial charge in [-0.2, -0.15) is 5.21 Å². The second-order valence-corrected chi connectivity index (χ2v) is 6.14. The molecule has 2 N–H and O–H groups in total. The quantitative estimate of drug-likeness (QED) is 0.545. The first-order valence-electron chi connectivity index (χ1n) is 8.36. The molecule has 0 spiro atoms. The van der Waals surface area contributed by atoms with Crippen molar-refractivity contribution in [1.82, 2.24) is 30.2 Å². The van der Waals surface area contributed by atoms with Gasteiger partial charge in [-0.25, -0.2) is 4.79 Å². The second-order valence-electron chi connectivity index (χ2n) is 6.14. The van der Waals surface area contributed by atoms with Gasteiger partial charge in [0.2, 0.25) is 0 Å². The Kier molecular flexibility index (Phi) is 5.63. The van der Waals surface area contributed by atoms with E-state index in [9.17, 15) is 19.2 Å². The van der Waals surface area contributed by atoms with Gasteiger partial charge in [0.15, 0.2) is 5.82 Å². The molecule has 0 unspecified atom stereocenters. The maximum atomic E-state index is 12.3. The molecule has 0 aliphatic carbocycles. The topological polar surface area (TPSA) is 171 Å². The summed E-state index contributed by atoms with van der Waals surface area (Å²) in [7, 11) is 0. The first-order valence-corrected chi connectivity index (χ1v) is 8.36. The standard InChI is InChI=1S/C15H18N6O7/c1-7(22)26-6-11-10(27-8(2)23)4-13(28-11)21-5-9(14(24)16-15(21)25)3-12-17-19-20-18-12/h5,10-11,13H,3-4,6H2,1-2H3,(H,16,24,25)(H,17,18,19,20)/t10-,11+,13+/m0/s1. The third kappa shape index (κ3) is 4.49. The first kappa shape index (κ1) is 19.4. The first-order chi connectivity index (χ1) is 13.3. The van der Waals surface area contributed by atoms with Crippen molar-refractivity contribution in [1.29, 1.82) is 0 Å². The molecule has 1 saturated heterocycles. The zero-order chi connectivity index (χ0) is 20.3. The van der Waals surface area contributed by atoms with Gasteiger partial charge in [-0.05, 0) is 0 Å². The predicted molar refractivity (Wildman–Crippen MR) is 89.0 cm³/mol. The fourth-order valence-electron chi connectivity index (χ4n) is 2.85. The largest absolute Gasteiger partial charge is 0.463 e. The molecule has 0 amide bonds. The van der Waals surface area contributed by atoms with E-state index in [-0.39, 0.29) is 30.8 Å². The van der Waals surface area contributed by atoms with Crippen molar-refractivity contribution in [2.24, 2.45) is 0 Å². The molecule has 3 rings (SSSR count). The average molecular weight is 394 g/mol. The molecule has 0 radical (unpaired) electrons. The van der Waals surface area contributed by atoms with E-state index in [0.29, 0.717) is 0 Å². The Morgan fingerprint density at radius 1 is 1.32 bits per heavy atom. The van der Waals surface area contributed by atoms with Crippen LogP contribution in [0.3, 0.4) is 0 Å². The van der Waals surface area contributed by atoms with Crippen molar-refractivity contribution in [3.63, 3.8) is 0 Å². The summed E-state index contributed by atoms with van der Waals surface area (Å²) in [5, 5.41) is 13.2. The minimum atomic E-state index is -0.835. The van der Waals surface area contributed by atoms with Crippen LogP contribution in [0.1, 0.15) is 37.9 Å². The van der Waals surface area contributed by atoms with Crippen LogP contribution < -0.4 is 11.2 Å². The molecular weight excluding hydrogens is 376 g/mol. The minimum Gasteiger partial charge on any atom is -0.463 e. The number of esters is 2. The highest BCUT2D eigenvalue weighted by Crippen LogP contribution is 2.30. The summed E-state index contributed by atoms with van der Waals surface area (Å²) in [6.07, 6.45) is -0.791. The SMILES string of the molecule is CC(=O)OC[C@H]1O[C@@H](n2cc(Cc3nn[nH]n3)c(=O)[nH]c2=O)C[C@@H]1OC(C)=O. The Bertz CT molecular complexity index is 966. The lowest BCUT2D eigenvalue weighted by Gasteiger charge is -2.17. The zero-order valence-corrected chi connectivity index (χ0v) is 15.1. The van der Waals surface area contributed by atoms with Crippen LogP contribution in [0.5, 0.6) is 0 Å². The van der Waals surface area contributed by atoms with Gasteiger partial charge < -0.3 is 14.2 Å². The van der Waals surface area contributed by atoms with Crippen molar-refractivity contribution < 1.29 is 23.8 Å². The van der Waals surface area contributed by atoms with Crippen LogP contribution in [-0.2, 0) is 30.2 Å². The number of aromatic amines is 2. The number of ether oxygens (including phenoxy) is 3. The number of H-pyrrole nitrogens is 2. The molecule has 3 atom stereocenters. The van der Waals surface area contributed by atoms with Gasteiger partial charge in [0.1, 0.15) is 25.0 Å². The van der Waals surface area contributed by atoms with Crippen molar-refractivity contribution >= 4 is 11.9 Å². The number of nitrogens with one attached hydrogen (secondary N) is 2. The van der Waals surface area contributed by atoms with Crippen LogP contribution in [0.4, 0.5) is 0 Å². The van der Waals surface area contributed by atoms with Gasteiger partial charge in [0.05, 0.1) is 0 Å². The summed E-state index contributed by atoms with van der Waals surface area (Å²) in [5.74, 6) is -0.778. The van der Waals surface area contributed by atoms with Crippen LogP contribution in [0.25, 0.3) is 0 Å². The predicted octanol–water partition coefficient (Wildman–Crippen LogP) is -1.58. The third-order valence-electron chi connectivity index (χ3n) is 4.04. The van der Waals surface area contributed by atoms with E-state index in [2.05, 4.69) is 25.6 Å². The Labute approximate surface area is 157 Å². The third-order valence-corrected chi connectivity index (χ3v) is 4.04. The number of carbonyl (C=O) groups is 2. The van der Waals surface area contributed by atoms with Gasteiger partial charge in [-0.15, -0.1) is 10.2 Å². The molecule has 2 aromatic rings. The number of tetrazole rings is 1. The lowest BCUT2D eigenvalue weighted by Crippen LogP contribution is -2.34.